The van der Waals surface area contributed by atoms with Crippen LogP contribution in [0.25, 0.3) is 0 Å². The van der Waals surface area contributed by atoms with E-state index in [0.29, 0.717) is 36.8 Å². The second kappa shape index (κ2) is 8.35. The number of hydrogen-bond donors (Lipinski definition) is 0. The van der Waals surface area contributed by atoms with Crippen molar-refractivity contribution in [3.8, 4) is 0 Å². The van der Waals surface area contributed by atoms with E-state index in [-0.39, 0.29) is 5.91 Å². The summed E-state index contributed by atoms with van der Waals surface area (Å²) in [4.78, 5) is 15.2. The van der Waals surface area contributed by atoms with E-state index in [1.54, 1.807) is 34.2 Å². The minimum absolute atomic E-state index is 0.0941. The van der Waals surface area contributed by atoms with E-state index in [9.17, 15) is 13.2 Å². The molecule has 0 atom stereocenters. The molecule has 1 aliphatic rings. The SMILES string of the molecule is O=C(CCSc1ccccc1)N1CCN(S(=O)(=O)c2cccs2)CC1. The van der Waals surface area contributed by atoms with E-state index in [2.05, 4.69) is 0 Å². The third kappa shape index (κ3) is 4.63. The number of thiophene rings is 1. The maximum Gasteiger partial charge on any atom is 0.252 e. The molecule has 0 bridgehead atoms. The molecule has 1 saturated heterocycles. The van der Waals surface area contributed by atoms with Crippen molar-refractivity contribution in [2.45, 2.75) is 15.5 Å². The molecular weight excluding hydrogens is 376 g/mol. The van der Waals surface area contributed by atoms with Crippen molar-refractivity contribution in [1.82, 2.24) is 9.21 Å². The highest BCUT2D eigenvalue weighted by Crippen LogP contribution is 2.22. The van der Waals surface area contributed by atoms with Crippen LogP contribution in [0.5, 0.6) is 0 Å². The number of nitrogens with zero attached hydrogens (tertiary/aromatic N) is 2. The zero-order chi connectivity index (χ0) is 17.7. The first-order chi connectivity index (χ1) is 12.1. The quantitative estimate of drug-likeness (QED) is 0.705. The maximum atomic E-state index is 12.5. The van der Waals surface area contributed by atoms with Crippen molar-refractivity contribution in [3.63, 3.8) is 0 Å². The van der Waals surface area contributed by atoms with Crippen LogP contribution in [0.3, 0.4) is 0 Å². The molecule has 0 N–H and O–H groups in total. The van der Waals surface area contributed by atoms with Crippen LogP contribution in [-0.4, -0.2) is 55.5 Å². The van der Waals surface area contributed by atoms with Crippen LogP contribution in [0, 0.1) is 0 Å². The van der Waals surface area contributed by atoms with Gasteiger partial charge in [0.15, 0.2) is 0 Å². The molecule has 134 valence electrons. The van der Waals surface area contributed by atoms with E-state index in [1.165, 1.54) is 15.6 Å². The Labute approximate surface area is 156 Å². The largest absolute Gasteiger partial charge is 0.340 e. The molecule has 1 aliphatic heterocycles. The van der Waals surface area contributed by atoms with Crippen molar-refractivity contribution in [2.75, 3.05) is 31.9 Å². The molecule has 2 heterocycles. The van der Waals surface area contributed by atoms with Crippen molar-refractivity contribution >= 4 is 39.0 Å². The monoisotopic (exact) mass is 396 g/mol. The molecule has 0 saturated carbocycles. The number of benzene rings is 1. The Morgan fingerprint density at radius 2 is 1.76 bits per heavy atom. The smallest absolute Gasteiger partial charge is 0.252 e. The van der Waals surface area contributed by atoms with E-state index in [0.717, 1.165) is 10.6 Å². The number of carbonyl (C=O) groups excluding carboxylic acids is 1. The lowest BCUT2D eigenvalue weighted by Crippen LogP contribution is -2.50. The summed E-state index contributed by atoms with van der Waals surface area (Å²) in [6.07, 6.45) is 0.469. The summed E-state index contributed by atoms with van der Waals surface area (Å²) in [5.41, 5.74) is 0. The van der Waals surface area contributed by atoms with Gasteiger partial charge in [0.25, 0.3) is 10.0 Å². The zero-order valence-electron chi connectivity index (χ0n) is 13.7. The van der Waals surface area contributed by atoms with Gasteiger partial charge in [0.2, 0.25) is 5.91 Å². The van der Waals surface area contributed by atoms with Crippen LogP contribution in [0.15, 0.2) is 56.9 Å². The Morgan fingerprint density at radius 1 is 1.04 bits per heavy atom. The number of sulfonamides is 1. The van der Waals surface area contributed by atoms with Gasteiger partial charge in [-0.25, -0.2) is 8.42 Å². The molecule has 25 heavy (non-hydrogen) atoms. The number of amides is 1. The van der Waals surface area contributed by atoms with Crippen molar-refractivity contribution < 1.29 is 13.2 Å². The van der Waals surface area contributed by atoms with Crippen LogP contribution >= 0.6 is 23.1 Å². The summed E-state index contributed by atoms with van der Waals surface area (Å²) in [5, 5.41) is 1.76. The Kier molecular flexibility index (Phi) is 6.16. The predicted octanol–water partition coefficient (Wildman–Crippen LogP) is 2.76. The van der Waals surface area contributed by atoms with Gasteiger partial charge < -0.3 is 4.90 Å². The summed E-state index contributed by atoms with van der Waals surface area (Å²) in [5.74, 6) is 0.827. The molecule has 1 aromatic carbocycles. The number of hydrogen-bond acceptors (Lipinski definition) is 5. The molecule has 0 spiro atoms. The normalized spacial score (nSPS) is 16.1. The van der Waals surface area contributed by atoms with Gasteiger partial charge in [-0.15, -0.1) is 23.1 Å². The number of rotatable bonds is 6. The Balaban J connectivity index is 1.46. The fraction of sp³-hybridized carbons (Fsp3) is 0.353. The Morgan fingerprint density at radius 3 is 2.40 bits per heavy atom. The summed E-state index contributed by atoms with van der Waals surface area (Å²) >= 11 is 2.89. The molecule has 1 aromatic heterocycles. The molecule has 0 unspecified atom stereocenters. The van der Waals surface area contributed by atoms with Gasteiger partial charge in [0.1, 0.15) is 4.21 Å². The van der Waals surface area contributed by atoms with E-state index in [4.69, 9.17) is 0 Å². The van der Waals surface area contributed by atoms with Gasteiger partial charge in [-0.05, 0) is 23.6 Å². The van der Waals surface area contributed by atoms with Crippen molar-refractivity contribution in [3.05, 3.63) is 47.8 Å². The lowest BCUT2D eigenvalue weighted by Gasteiger charge is -2.33. The first-order valence-corrected chi connectivity index (χ1v) is 11.4. The maximum absolute atomic E-state index is 12.5. The van der Waals surface area contributed by atoms with Crippen LogP contribution < -0.4 is 0 Å². The van der Waals surface area contributed by atoms with Crippen molar-refractivity contribution in [2.24, 2.45) is 0 Å². The van der Waals surface area contributed by atoms with Crippen molar-refractivity contribution in [1.29, 1.82) is 0 Å². The topological polar surface area (TPSA) is 57.7 Å². The van der Waals surface area contributed by atoms with Gasteiger partial charge in [-0.2, -0.15) is 4.31 Å². The highest BCUT2D eigenvalue weighted by atomic mass is 32.2. The van der Waals surface area contributed by atoms with Gasteiger partial charge in [0.05, 0.1) is 0 Å². The summed E-state index contributed by atoms with van der Waals surface area (Å²) in [6, 6.07) is 13.4. The van der Waals surface area contributed by atoms with E-state index < -0.39 is 10.0 Å². The highest BCUT2D eigenvalue weighted by molar-refractivity contribution is 7.99. The minimum Gasteiger partial charge on any atom is -0.340 e. The van der Waals surface area contributed by atoms with Gasteiger partial charge in [-0.1, -0.05) is 24.3 Å². The minimum atomic E-state index is -3.41. The molecule has 0 aliphatic carbocycles. The molecule has 3 rings (SSSR count). The summed E-state index contributed by atoms with van der Waals surface area (Å²) < 4.78 is 26.8. The van der Waals surface area contributed by atoms with Crippen LogP contribution in [-0.2, 0) is 14.8 Å². The van der Waals surface area contributed by atoms with Gasteiger partial charge >= 0.3 is 0 Å². The third-order valence-corrected chi connectivity index (χ3v) is 8.29. The number of piperazine rings is 1. The first-order valence-electron chi connectivity index (χ1n) is 8.06. The standard InChI is InChI=1S/C17H20N2O3S3/c20-16(8-14-23-15-5-2-1-3-6-15)18-9-11-19(12-10-18)25(21,22)17-7-4-13-24-17/h1-7,13H,8-12,14H2. The van der Waals surface area contributed by atoms with Gasteiger partial charge in [-0.3, -0.25) is 4.79 Å². The Bertz CT molecular complexity index is 784. The lowest BCUT2D eigenvalue weighted by molar-refractivity contribution is -0.131. The predicted molar refractivity (Wildman–Crippen MR) is 101 cm³/mol. The van der Waals surface area contributed by atoms with Crippen LogP contribution in [0.1, 0.15) is 6.42 Å². The average Bonchev–Trinajstić information content (AvgIpc) is 3.18. The highest BCUT2D eigenvalue weighted by Gasteiger charge is 2.30. The van der Waals surface area contributed by atoms with E-state index >= 15 is 0 Å². The lowest BCUT2D eigenvalue weighted by atomic mass is 10.3. The Hall–Kier alpha value is -1.35. The second-order valence-electron chi connectivity index (χ2n) is 5.63. The molecule has 0 radical (unpaired) electrons. The van der Waals surface area contributed by atoms with Crippen LogP contribution in [0.2, 0.25) is 0 Å². The molecule has 1 fully saturated rings. The fourth-order valence-electron chi connectivity index (χ4n) is 2.65. The second-order valence-corrected chi connectivity index (χ2v) is 9.91. The molecule has 1 amide bonds. The molecule has 5 nitrogen and oxygen atoms in total. The average molecular weight is 397 g/mol. The molecule has 2 aromatic rings. The van der Waals surface area contributed by atoms with E-state index in [1.807, 2.05) is 30.3 Å². The summed E-state index contributed by atoms with van der Waals surface area (Å²) in [7, 11) is -3.41. The van der Waals surface area contributed by atoms with Crippen LogP contribution in [0.4, 0.5) is 0 Å². The summed E-state index contributed by atoms with van der Waals surface area (Å²) in [6.45, 7) is 1.63. The molecular formula is C17H20N2O3S3. The fourth-order valence-corrected chi connectivity index (χ4v) is 6.08. The van der Waals surface area contributed by atoms with Gasteiger partial charge in [0, 0.05) is 43.2 Å². The first kappa shape index (κ1) is 18.4. The number of carbonyl (C=O) groups is 1. The molecule has 8 heteroatoms. The number of thioether (sulfide) groups is 1. The third-order valence-electron chi connectivity index (χ3n) is 4.01. The zero-order valence-corrected chi connectivity index (χ0v) is 16.2.